The summed E-state index contributed by atoms with van der Waals surface area (Å²) >= 11 is 0. The van der Waals surface area contributed by atoms with Crippen molar-refractivity contribution in [3.8, 4) is 5.75 Å². The van der Waals surface area contributed by atoms with Gasteiger partial charge in [-0.1, -0.05) is 47.6 Å². The molecule has 0 aliphatic heterocycles. The van der Waals surface area contributed by atoms with Gasteiger partial charge in [-0.05, 0) is 59.7 Å². The van der Waals surface area contributed by atoms with Gasteiger partial charge in [-0.2, -0.15) is 0 Å². The highest BCUT2D eigenvalue weighted by molar-refractivity contribution is 6.01. The number of aromatic amines is 1. The largest absolute Gasteiger partial charge is 0.482 e. The fourth-order valence-electron chi connectivity index (χ4n) is 3.93. The molecule has 0 unspecified atom stereocenters. The minimum atomic E-state index is -0.978. The Labute approximate surface area is 187 Å². The zero-order valence-electron chi connectivity index (χ0n) is 17.8. The van der Waals surface area contributed by atoms with Crippen molar-refractivity contribution in [2.45, 2.75) is 25.7 Å². The summed E-state index contributed by atoms with van der Waals surface area (Å²) in [6.07, 6.45) is 9.39. The molecule has 0 radical (unpaired) electrons. The first-order chi connectivity index (χ1) is 15.7. The zero-order chi connectivity index (χ0) is 22.2. The third kappa shape index (κ3) is 5.46. The Morgan fingerprint density at radius 2 is 1.97 bits per heavy atom. The van der Waals surface area contributed by atoms with Crippen LogP contribution in [-0.4, -0.2) is 35.0 Å². The summed E-state index contributed by atoms with van der Waals surface area (Å²) in [4.78, 5) is 19.7. The number of aromatic nitrogens is 1. The van der Waals surface area contributed by atoms with Gasteiger partial charge in [0.1, 0.15) is 12.4 Å². The maximum absolute atomic E-state index is 10.9. The Morgan fingerprint density at radius 1 is 1.09 bits per heavy atom. The molecule has 1 aliphatic rings. The number of carboxylic acid groups (broad SMARTS) is 1. The molecule has 6 heteroatoms. The highest BCUT2D eigenvalue weighted by Gasteiger charge is 2.18. The van der Waals surface area contributed by atoms with Crippen LogP contribution < -0.4 is 4.74 Å². The Morgan fingerprint density at radius 3 is 2.75 bits per heavy atom. The number of allylic oxidation sites excluding steroid dienone is 1. The predicted octanol–water partition coefficient (Wildman–Crippen LogP) is 4.86. The SMILES string of the molecule is O=C(O)COc1cccc2c1CCCC2=CCON=C(Cc1cc[nH]c1)c1ccccc1. The molecule has 0 spiro atoms. The van der Waals surface area contributed by atoms with Gasteiger partial charge in [-0.25, -0.2) is 4.79 Å². The third-order valence-electron chi connectivity index (χ3n) is 5.42. The van der Waals surface area contributed by atoms with E-state index < -0.39 is 5.97 Å². The second-order valence-electron chi connectivity index (χ2n) is 7.64. The molecule has 0 saturated carbocycles. The number of fused-ring (bicyclic) bond motifs is 1. The summed E-state index contributed by atoms with van der Waals surface area (Å²) in [5.74, 6) is -0.332. The van der Waals surface area contributed by atoms with Crippen LogP contribution in [0.15, 0.2) is 78.2 Å². The number of H-pyrrole nitrogens is 1. The van der Waals surface area contributed by atoms with Crippen molar-refractivity contribution in [3.63, 3.8) is 0 Å². The first kappa shape index (κ1) is 21.4. The minimum Gasteiger partial charge on any atom is -0.482 e. The van der Waals surface area contributed by atoms with Crippen LogP contribution in [0.2, 0.25) is 0 Å². The van der Waals surface area contributed by atoms with Crippen molar-refractivity contribution in [2.24, 2.45) is 5.16 Å². The zero-order valence-corrected chi connectivity index (χ0v) is 17.8. The lowest BCUT2D eigenvalue weighted by Gasteiger charge is -2.21. The van der Waals surface area contributed by atoms with E-state index in [1.54, 1.807) is 0 Å². The number of carbonyl (C=O) groups is 1. The molecule has 1 aliphatic carbocycles. The van der Waals surface area contributed by atoms with Crippen LogP contribution in [0.25, 0.3) is 5.57 Å². The fraction of sp³-hybridized carbons (Fsp3) is 0.231. The molecule has 0 fully saturated rings. The Bertz CT molecular complexity index is 1100. The standard InChI is InChI=1S/C26H26N2O4/c29-26(30)18-31-25-11-5-9-22-20(8-4-10-23(22)25)13-15-32-28-24(16-19-12-14-27-17-19)21-6-2-1-3-7-21/h1-3,5-7,9,11-14,17,27H,4,8,10,15-16,18H2,(H,29,30). The number of nitrogens with zero attached hydrogens (tertiary/aromatic N) is 1. The molecule has 0 saturated heterocycles. The van der Waals surface area contributed by atoms with Crippen molar-refractivity contribution in [1.29, 1.82) is 0 Å². The van der Waals surface area contributed by atoms with E-state index in [9.17, 15) is 4.79 Å². The van der Waals surface area contributed by atoms with Gasteiger partial charge in [0, 0.05) is 24.4 Å². The van der Waals surface area contributed by atoms with Crippen LogP contribution in [0.4, 0.5) is 0 Å². The monoisotopic (exact) mass is 430 g/mol. The van der Waals surface area contributed by atoms with E-state index in [2.05, 4.69) is 22.3 Å². The molecule has 0 bridgehead atoms. The van der Waals surface area contributed by atoms with Gasteiger partial charge in [0.15, 0.2) is 6.61 Å². The summed E-state index contributed by atoms with van der Waals surface area (Å²) in [5, 5.41) is 13.4. The van der Waals surface area contributed by atoms with Gasteiger partial charge in [0.05, 0.1) is 5.71 Å². The van der Waals surface area contributed by atoms with Crippen molar-refractivity contribution in [1.82, 2.24) is 4.98 Å². The Kier molecular flexibility index (Phi) is 7.02. The maximum atomic E-state index is 10.9. The Hall–Kier alpha value is -3.80. The van der Waals surface area contributed by atoms with Crippen LogP contribution >= 0.6 is 0 Å². The minimum absolute atomic E-state index is 0.337. The van der Waals surface area contributed by atoms with Gasteiger partial charge in [-0.15, -0.1) is 0 Å². The highest BCUT2D eigenvalue weighted by atomic mass is 16.6. The van der Waals surface area contributed by atoms with E-state index in [4.69, 9.17) is 14.7 Å². The predicted molar refractivity (Wildman–Crippen MR) is 124 cm³/mol. The topological polar surface area (TPSA) is 83.9 Å². The van der Waals surface area contributed by atoms with E-state index in [0.717, 1.165) is 47.2 Å². The molecule has 1 heterocycles. The van der Waals surface area contributed by atoms with Gasteiger partial charge in [0.25, 0.3) is 0 Å². The summed E-state index contributed by atoms with van der Waals surface area (Å²) in [7, 11) is 0. The number of oxime groups is 1. The number of carboxylic acids is 1. The molecule has 2 aromatic carbocycles. The quantitative estimate of drug-likeness (QED) is 0.288. The lowest BCUT2D eigenvalue weighted by molar-refractivity contribution is -0.139. The lowest BCUT2D eigenvalue weighted by atomic mass is 9.86. The number of hydrogen-bond donors (Lipinski definition) is 2. The third-order valence-corrected chi connectivity index (χ3v) is 5.42. The summed E-state index contributed by atoms with van der Waals surface area (Å²) in [6.45, 7) is 0.0230. The summed E-state index contributed by atoms with van der Waals surface area (Å²) in [6, 6.07) is 17.9. The molecule has 2 N–H and O–H groups in total. The number of hydrogen-bond acceptors (Lipinski definition) is 4. The second kappa shape index (κ2) is 10.5. The van der Waals surface area contributed by atoms with E-state index >= 15 is 0 Å². The average molecular weight is 431 g/mol. The molecule has 3 aromatic rings. The van der Waals surface area contributed by atoms with Crippen molar-refractivity contribution in [3.05, 3.63) is 95.3 Å². The molecule has 0 amide bonds. The van der Waals surface area contributed by atoms with Crippen molar-refractivity contribution in [2.75, 3.05) is 13.2 Å². The second-order valence-corrected chi connectivity index (χ2v) is 7.64. The van der Waals surface area contributed by atoms with E-state index in [-0.39, 0.29) is 6.61 Å². The van der Waals surface area contributed by atoms with Crippen LogP contribution in [0.1, 0.15) is 35.1 Å². The number of nitrogens with one attached hydrogen (secondary N) is 1. The van der Waals surface area contributed by atoms with Crippen molar-refractivity contribution >= 4 is 17.3 Å². The molecule has 1 aromatic heterocycles. The van der Waals surface area contributed by atoms with E-state index in [0.29, 0.717) is 18.8 Å². The molecular formula is C26H26N2O4. The lowest BCUT2D eigenvalue weighted by Crippen LogP contribution is -2.12. The normalized spacial score (nSPS) is 14.8. The van der Waals surface area contributed by atoms with E-state index in [1.165, 1.54) is 5.57 Å². The van der Waals surface area contributed by atoms with Gasteiger partial charge >= 0.3 is 5.97 Å². The highest BCUT2D eigenvalue weighted by Crippen LogP contribution is 2.36. The Balaban J connectivity index is 1.48. The number of benzene rings is 2. The van der Waals surface area contributed by atoms with Crippen LogP contribution in [-0.2, 0) is 22.5 Å². The van der Waals surface area contributed by atoms with Gasteiger partial charge in [0.2, 0.25) is 0 Å². The molecule has 6 nitrogen and oxygen atoms in total. The fourth-order valence-corrected chi connectivity index (χ4v) is 3.93. The van der Waals surface area contributed by atoms with Gasteiger partial charge in [-0.3, -0.25) is 0 Å². The molecule has 32 heavy (non-hydrogen) atoms. The first-order valence-corrected chi connectivity index (χ1v) is 10.7. The van der Waals surface area contributed by atoms with Crippen LogP contribution in [0.3, 0.4) is 0 Å². The molecule has 164 valence electrons. The molecule has 0 atom stereocenters. The van der Waals surface area contributed by atoms with Crippen LogP contribution in [0, 0.1) is 0 Å². The maximum Gasteiger partial charge on any atom is 0.341 e. The van der Waals surface area contributed by atoms with Crippen LogP contribution in [0.5, 0.6) is 5.75 Å². The first-order valence-electron chi connectivity index (χ1n) is 10.7. The smallest absolute Gasteiger partial charge is 0.341 e. The summed E-state index contributed by atoms with van der Waals surface area (Å²) < 4.78 is 5.49. The average Bonchev–Trinajstić information content (AvgIpc) is 3.33. The number of aliphatic carboxylic acids is 1. The van der Waals surface area contributed by atoms with Crippen molar-refractivity contribution < 1.29 is 19.5 Å². The summed E-state index contributed by atoms with van der Waals surface area (Å²) in [5.41, 5.74) is 6.38. The van der Waals surface area contributed by atoms with E-state index in [1.807, 2.05) is 60.9 Å². The molecular weight excluding hydrogens is 404 g/mol. The number of ether oxygens (including phenoxy) is 1. The number of rotatable bonds is 9. The molecule has 4 rings (SSSR count). The van der Waals surface area contributed by atoms with Gasteiger partial charge < -0.3 is 19.7 Å².